The number of halogens is 1. The fourth-order valence-corrected chi connectivity index (χ4v) is 6.26. The number of carbonyl (C=O) groups is 2. The van der Waals surface area contributed by atoms with E-state index in [4.69, 9.17) is 21.3 Å². The van der Waals surface area contributed by atoms with Crippen LogP contribution in [0.1, 0.15) is 88.3 Å². The molecule has 1 saturated carbocycles. The van der Waals surface area contributed by atoms with E-state index in [2.05, 4.69) is 12.1 Å². The fraction of sp³-hybridized carbons (Fsp3) is 0.517. The third kappa shape index (κ3) is 4.57. The van der Waals surface area contributed by atoms with Crippen molar-refractivity contribution in [2.75, 3.05) is 18.0 Å². The quantitative estimate of drug-likeness (QED) is 0.445. The van der Waals surface area contributed by atoms with E-state index in [-0.39, 0.29) is 23.5 Å². The first kappa shape index (κ1) is 25.5. The highest BCUT2D eigenvalue weighted by molar-refractivity contribution is 6.32. The van der Waals surface area contributed by atoms with Crippen molar-refractivity contribution in [3.05, 3.63) is 52.2 Å². The summed E-state index contributed by atoms with van der Waals surface area (Å²) in [6, 6.07) is 9.56. The number of aromatic nitrogens is 1. The van der Waals surface area contributed by atoms with E-state index in [1.807, 2.05) is 27.0 Å². The first-order valence-electron chi connectivity index (χ1n) is 13.2. The molecule has 0 unspecified atom stereocenters. The van der Waals surface area contributed by atoms with Crippen LogP contribution in [0.25, 0.3) is 0 Å². The Hall–Kier alpha value is -3.11. The number of anilines is 2. The van der Waals surface area contributed by atoms with Gasteiger partial charge in [-0.05, 0) is 76.1 Å². The molecule has 0 radical (unpaired) electrons. The predicted molar refractivity (Wildman–Crippen MR) is 142 cm³/mol. The lowest BCUT2D eigenvalue weighted by Gasteiger charge is -2.34. The van der Waals surface area contributed by atoms with Crippen LogP contribution in [0, 0.1) is 11.3 Å². The summed E-state index contributed by atoms with van der Waals surface area (Å²) in [5.74, 6) is 0.855. The number of likely N-dealkylation sites (tertiary alicyclic amines) is 1. The number of piperidine rings is 1. The van der Waals surface area contributed by atoms with Crippen molar-refractivity contribution < 1.29 is 14.3 Å². The fourth-order valence-electron chi connectivity index (χ4n) is 6.05. The highest BCUT2D eigenvalue weighted by Gasteiger charge is 2.53. The Morgan fingerprint density at radius 3 is 2.54 bits per heavy atom. The van der Waals surface area contributed by atoms with Crippen LogP contribution in [0.4, 0.5) is 16.3 Å². The number of amides is 2. The third-order valence-corrected chi connectivity index (χ3v) is 8.21. The molecule has 1 saturated heterocycles. The van der Waals surface area contributed by atoms with E-state index < -0.39 is 11.0 Å². The lowest BCUT2D eigenvalue weighted by Crippen LogP contribution is -2.41. The molecule has 37 heavy (non-hydrogen) atoms. The summed E-state index contributed by atoms with van der Waals surface area (Å²) >= 11 is 6.34. The maximum absolute atomic E-state index is 14.1. The maximum atomic E-state index is 14.1. The van der Waals surface area contributed by atoms with E-state index in [0.29, 0.717) is 29.6 Å². The largest absolute Gasteiger partial charge is 0.444 e. The van der Waals surface area contributed by atoms with Gasteiger partial charge in [0.15, 0.2) is 0 Å². The molecule has 0 bridgehead atoms. The van der Waals surface area contributed by atoms with Crippen molar-refractivity contribution in [3.63, 3.8) is 0 Å². The molecule has 5 rings (SSSR count). The monoisotopic (exact) mass is 520 g/mol. The lowest BCUT2D eigenvalue weighted by molar-refractivity contribution is -0.123. The molecule has 0 atom stereocenters. The number of rotatable bonds is 2. The van der Waals surface area contributed by atoms with Crippen LogP contribution in [0.2, 0.25) is 5.02 Å². The van der Waals surface area contributed by atoms with Gasteiger partial charge in [0.05, 0.1) is 21.7 Å². The lowest BCUT2D eigenvalue weighted by atomic mass is 9.70. The van der Waals surface area contributed by atoms with Crippen LogP contribution in [-0.2, 0) is 14.9 Å². The number of nitrogens with zero attached hydrogens (tertiary/aromatic N) is 4. The molecular formula is C29H33ClN4O3. The van der Waals surface area contributed by atoms with Crippen LogP contribution in [-0.4, -0.2) is 40.6 Å². The minimum atomic E-state index is -0.622. The first-order chi connectivity index (χ1) is 17.6. The van der Waals surface area contributed by atoms with Gasteiger partial charge < -0.3 is 9.64 Å². The van der Waals surface area contributed by atoms with Crippen LogP contribution in [0.15, 0.2) is 30.5 Å². The average Bonchev–Trinajstić information content (AvgIpc) is 3.10. The number of ether oxygens (including phenoxy) is 1. The normalized spacial score (nSPS) is 19.6. The zero-order valence-corrected chi connectivity index (χ0v) is 22.5. The van der Waals surface area contributed by atoms with Crippen molar-refractivity contribution in [1.82, 2.24) is 9.88 Å². The number of nitriles is 1. The predicted octanol–water partition coefficient (Wildman–Crippen LogP) is 6.60. The van der Waals surface area contributed by atoms with Crippen LogP contribution in [0.5, 0.6) is 0 Å². The summed E-state index contributed by atoms with van der Waals surface area (Å²) in [5, 5.41) is 10.1. The Morgan fingerprint density at radius 1 is 1.19 bits per heavy atom. The summed E-state index contributed by atoms with van der Waals surface area (Å²) in [7, 11) is 0. The van der Waals surface area contributed by atoms with Gasteiger partial charge in [-0.15, -0.1) is 0 Å². The Balaban J connectivity index is 1.47. The summed E-state index contributed by atoms with van der Waals surface area (Å²) < 4.78 is 5.55. The Bertz CT molecular complexity index is 1260. The summed E-state index contributed by atoms with van der Waals surface area (Å²) in [6.07, 6.45) is 7.87. The Morgan fingerprint density at radius 2 is 1.89 bits per heavy atom. The summed E-state index contributed by atoms with van der Waals surface area (Å²) in [6.45, 7) is 6.88. The molecule has 194 valence electrons. The van der Waals surface area contributed by atoms with Crippen molar-refractivity contribution >= 4 is 35.1 Å². The third-order valence-electron chi connectivity index (χ3n) is 7.90. The van der Waals surface area contributed by atoms with Crippen molar-refractivity contribution in [1.29, 1.82) is 5.26 Å². The zero-order chi connectivity index (χ0) is 26.4. The van der Waals surface area contributed by atoms with Gasteiger partial charge in [0.1, 0.15) is 17.5 Å². The van der Waals surface area contributed by atoms with Gasteiger partial charge in [0.25, 0.3) is 0 Å². The maximum Gasteiger partial charge on any atom is 0.410 e. The van der Waals surface area contributed by atoms with E-state index in [1.165, 1.54) is 0 Å². The van der Waals surface area contributed by atoms with Crippen molar-refractivity contribution in [2.24, 2.45) is 0 Å². The molecule has 2 aliphatic heterocycles. The number of hydrogen-bond acceptors (Lipinski definition) is 5. The van der Waals surface area contributed by atoms with Gasteiger partial charge in [0.2, 0.25) is 5.91 Å². The SMILES string of the molecule is CC(C)(C)OC(=O)N1CCC(c2cnc3c(c2)C2(CCCCC2)C(=O)N3c2cccc(Cl)c2C#N)CC1. The van der Waals surface area contributed by atoms with E-state index in [0.717, 1.165) is 56.1 Å². The molecular weight excluding hydrogens is 488 g/mol. The second-order valence-corrected chi connectivity index (χ2v) is 11.8. The number of fused-ring (bicyclic) bond motifs is 2. The number of carbonyl (C=O) groups excluding carboxylic acids is 2. The molecule has 3 aliphatic rings. The standard InChI is InChI=1S/C29H33ClN4O3/c1-28(2,3)37-27(36)33-14-10-19(11-15-33)20-16-22-25(32-18-20)34(24-9-7-8-23(30)21(24)17-31)26(35)29(22)12-5-4-6-13-29/h7-9,16,18-19H,4-6,10-15H2,1-3H3. The molecule has 0 N–H and O–H groups in total. The highest BCUT2D eigenvalue weighted by atomic mass is 35.5. The number of pyridine rings is 1. The van der Waals surface area contributed by atoms with E-state index >= 15 is 0 Å². The minimum absolute atomic E-state index is 0.00892. The molecule has 2 aromatic rings. The minimum Gasteiger partial charge on any atom is -0.444 e. The van der Waals surface area contributed by atoms with Crippen LogP contribution >= 0.6 is 11.6 Å². The highest BCUT2D eigenvalue weighted by Crippen LogP contribution is 2.53. The molecule has 2 amide bonds. The molecule has 1 aromatic carbocycles. The smallest absolute Gasteiger partial charge is 0.410 e. The van der Waals surface area contributed by atoms with E-state index in [1.54, 1.807) is 28.0 Å². The summed E-state index contributed by atoms with van der Waals surface area (Å²) in [5.41, 5.74) is 1.72. The second-order valence-electron chi connectivity index (χ2n) is 11.4. The molecule has 8 heteroatoms. The molecule has 1 spiro atoms. The van der Waals surface area contributed by atoms with Gasteiger partial charge in [-0.2, -0.15) is 5.26 Å². The molecule has 1 aliphatic carbocycles. The Labute approximate surface area is 223 Å². The van der Waals surface area contributed by atoms with Crippen molar-refractivity contribution in [2.45, 2.75) is 82.7 Å². The summed E-state index contributed by atoms with van der Waals surface area (Å²) in [4.78, 5) is 34.9. The Kier molecular flexibility index (Phi) is 6.66. The molecule has 7 nitrogen and oxygen atoms in total. The molecule has 2 fully saturated rings. The number of benzene rings is 1. The second kappa shape index (κ2) is 9.64. The average molecular weight is 521 g/mol. The topological polar surface area (TPSA) is 86.5 Å². The van der Waals surface area contributed by atoms with E-state index in [9.17, 15) is 14.9 Å². The first-order valence-corrected chi connectivity index (χ1v) is 13.5. The van der Waals surface area contributed by atoms with Gasteiger partial charge in [-0.3, -0.25) is 9.69 Å². The zero-order valence-electron chi connectivity index (χ0n) is 21.7. The van der Waals surface area contributed by atoms with Gasteiger partial charge >= 0.3 is 6.09 Å². The van der Waals surface area contributed by atoms with Crippen LogP contribution < -0.4 is 4.90 Å². The van der Waals surface area contributed by atoms with Crippen molar-refractivity contribution in [3.8, 4) is 6.07 Å². The van der Waals surface area contributed by atoms with Gasteiger partial charge in [0, 0.05) is 24.8 Å². The van der Waals surface area contributed by atoms with Crippen LogP contribution in [0.3, 0.4) is 0 Å². The number of hydrogen-bond donors (Lipinski definition) is 0. The molecule has 1 aromatic heterocycles. The molecule has 3 heterocycles. The van der Waals surface area contributed by atoms with Gasteiger partial charge in [-0.1, -0.05) is 36.9 Å². The van der Waals surface area contributed by atoms with Gasteiger partial charge in [-0.25, -0.2) is 9.78 Å².